The number of ether oxygens (including phenoxy) is 1. The van der Waals surface area contributed by atoms with Crippen molar-refractivity contribution in [2.75, 3.05) is 5.32 Å². The SMILES string of the molecule is O=[N+]([O-])c1cc2nc3c(nc2cc1Cl)Nc1ncccc1O3. The van der Waals surface area contributed by atoms with E-state index in [0.717, 1.165) is 0 Å². The van der Waals surface area contributed by atoms with Gasteiger partial charge >= 0.3 is 0 Å². The maximum atomic E-state index is 10.9. The Kier molecular flexibility index (Phi) is 2.60. The monoisotopic (exact) mass is 315 g/mol. The zero-order chi connectivity index (χ0) is 15.3. The number of nitrogens with zero attached hydrogens (tertiary/aromatic N) is 4. The van der Waals surface area contributed by atoms with Gasteiger partial charge in [-0.05, 0) is 18.2 Å². The molecule has 3 heterocycles. The number of hydrogen-bond donors (Lipinski definition) is 1. The predicted octanol–water partition coefficient (Wildman–Crippen LogP) is 3.44. The molecule has 108 valence electrons. The first-order valence-electron chi connectivity index (χ1n) is 6.17. The number of nitrogens with one attached hydrogen (secondary N) is 1. The van der Waals surface area contributed by atoms with Crippen LogP contribution in [0.5, 0.6) is 11.6 Å². The van der Waals surface area contributed by atoms with Crippen molar-refractivity contribution in [3.05, 3.63) is 45.6 Å². The summed E-state index contributed by atoms with van der Waals surface area (Å²) in [5, 5.41) is 13.9. The molecule has 0 spiro atoms. The number of pyridine rings is 1. The number of benzene rings is 1. The van der Waals surface area contributed by atoms with Gasteiger partial charge in [-0.25, -0.2) is 15.0 Å². The molecule has 0 amide bonds. The summed E-state index contributed by atoms with van der Waals surface area (Å²) in [6.07, 6.45) is 1.62. The highest BCUT2D eigenvalue weighted by molar-refractivity contribution is 6.33. The Morgan fingerprint density at radius 3 is 2.86 bits per heavy atom. The predicted molar refractivity (Wildman–Crippen MR) is 78.8 cm³/mol. The normalized spacial score (nSPS) is 12.0. The molecule has 4 rings (SSSR count). The number of nitro benzene ring substituents is 1. The van der Waals surface area contributed by atoms with Crippen LogP contribution < -0.4 is 10.1 Å². The molecule has 1 aliphatic rings. The number of aromatic nitrogens is 3. The summed E-state index contributed by atoms with van der Waals surface area (Å²) in [5.41, 5.74) is 0.517. The average molecular weight is 316 g/mol. The second kappa shape index (κ2) is 4.50. The first kappa shape index (κ1) is 12.7. The van der Waals surface area contributed by atoms with Crippen molar-refractivity contribution in [3.8, 4) is 11.6 Å². The Balaban J connectivity index is 1.90. The van der Waals surface area contributed by atoms with Gasteiger partial charge in [0.25, 0.3) is 11.6 Å². The summed E-state index contributed by atoms with van der Waals surface area (Å²) < 4.78 is 5.61. The molecular weight excluding hydrogens is 310 g/mol. The van der Waals surface area contributed by atoms with Gasteiger partial charge in [-0.3, -0.25) is 10.1 Å². The van der Waals surface area contributed by atoms with Crippen LogP contribution in [-0.4, -0.2) is 19.9 Å². The molecule has 0 fully saturated rings. The minimum atomic E-state index is -0.568. The molecule has 0 unspecified atom stereocenters. The molecule has 2 aromatic heterocycles. The molecule has 0 bridgehead atoms. The lowest BCUT2D eigenvalue weighted by atomic mass is 10.2. The Hall–Kier alpha value is -3.00. The number of halogens is 1. The molecule has 3 aromatic rings. The van der Waals surface area contributed by atoms with E-state index in [1.54, 1.807) is 18.3 Å². The Morgan fingerprint density at radius 1 is 1.23 bits per heavy atom. The Labute approximate surface area is 127 Å². The smallest absolute Gasteiger partial charge is 0.290 e. The summed E-state index contributed by atoms with van der Waals surface area (Å²) in [6.45, 7) is 0. The van der Waals surface area contributed by atoms with E-state index in [9.17, 15) is 10.1 Å². The molecule has 1 aromatic carbocycles. The fraction of sp³-hybridized carbons (Fsp3) is 0. The first-order valence-corrected chi connectivity index (χ1v) is 6.55. The zero-order valence-electron chi connectivity index (χ0n) is 10.8. The van der Waals surface area contributed by atoms with Crippen molar-refractivity contribution in [1.29, 1.82) is 0 Å². The van der Waals surface area contributed by atoms with Crippen LogP contribution in [0.3, 0.4) is 0 Å². The standard InChI is InChI=1S/C13H6ClN5O3/c14-6-4-7-8(5-9(6)19(20)21)17-13-12(16-7)18-11-10(22-13)2-1-3-15-11/h1-5H,(H,15,16,18). The zero-order valence-corrected chi connectivity index (χ0v) is 11.5. The molecule has 0 aliphatic carbocycles. The fourth-order valence-electron chi connectivity index (χ4n) is 2.13. The number of rotatable bonds is 1. The highest BCUT2D eigenvalue weighted by Crippen LogP contribution is 2.39. The van der Waals surface area contributed by atoms with Crippen molar-refractivity contribution in [2.45, 2.75) is 0 Å². The highest BCUT2D eigenvalue weighted by Gasteiger charge is 2.22. The molecule has 0 saturated heterocycles. The first-order chi connectivity index (χ1) is 10.6. The Bertz CT molecular complexity index is 946. The second-order valence-electron chi connectivity index (χ2n) is 4.50. The minimum Gasteiger partial charge on any atom is -0.432 e. The third-order valence-corrected chi connectivity index (χ3v) is 3.41. The molecule has 1 N–H and O–H groups in total. The van der Waals surface area contributed by atoms with Gasteiger partial charge in [-0.15, -0.1) is 0 Å². The third kappa shape index (κ3) is 1.89. The lowest BCUT2D eigenvalue weighted by Crippen LogP contribution is -2.08. The molecule has 0 radical (unpaired) electrons. The molecule has 1 aliphatic heterocycles. The van der Waals surface area contributed by atoms with Gasteiger partial charge in [-0.1, -0.05) is 11.6 Å². The van der Waals surface area contributed by atoms with Crippen LogP contribution in [0.1, 0.15) is 0 Å². The minimum absolute atomic E-state index is 0.00185. The van der Waals surface area contributed by atoms with Crippen molar-refractivity contribution in [1.82, 2.24) is 15.0 Å². The van der Waals surface area contributed by atoms with Crippen molar-refractivity contribution in [3.63, 3.8) is 0 Å². The van der Waals surface area contributed by atoms with E-state index >= 15 is 0 Å². The molecule has 8 nitrogen and oxygen atoms in total. The fourth-order valence-corrected chi connectivity index (χ4v) is 2.35. The number of fused-ring (bicyclic) bond motifs is 3. The molecular formula is C13H6ClN5O3. The second-order valence-corrected chi connectivity index (χ2v) is 4.91. The van der Waals surface area contributed by atoms with Crippen molar-refractivity contribution < 1.29 is 9.66 Å². The van der Waals surface area contributed by atoms with E-state index in [0.29, 0.717) is 28.4 Å². The number of hydrogen-bond acceptors (Lipinski definition) is 7. The topological polar surface area (TPSA) is 103 Å². The van der Waals surface area contributed by atoms with E-state index in [4.69, 9.17) is 16.3 Å². The largest absolute Gasteiger partial charge is 0.432 e. The molecule has 22 heavy (non-hydrogen) atoms. The van der Waals surface area contributed by atoms with Gasteiger partial charge in [0.1, 0.15) is 5.02 Å². The van der Waals surface area contributed by atoms with E-state index in [1.807, 2.05) is 0 Å². The molecule has 0 saturated carbocycles. The van der Waals surface area contributed by atoms with Crippen LogP contribution in [0.15, 0.2) is 30.5 Å². The summed E-state index contributed by atoms with van der Waals surface area (Å²) in [6, 6.07) is 6.13. The van der Waals surface area contributed by atoms with E-state index in [2.05, 4.69) is 20.3 Å². The van der Waals surface area contributed by atoms with Gasteiger partial charge in [0, 0.05) is 12.3 Å². The van der Waals surface area contributed by atoms with Gasteiger partial charge in [0.15, 0.2) is 17.4 Å². The van der Waals surface area contributed by atoms with Crippen LogP contribution in [0, 0.1) is 10.1 Å². The van der Waals surface area contributed by atoms with E-state index in [-0.39, 0.29) is 16.6 Å². The van der Waals surface area contributed by atoms with Gasteiger partial charge < -0.3 is 10.1 Å². The number of anilines is 2. The maximum absolute atomic E-state index is 10.9. The Morgan fingerprint density at radius 2 is 2.05 bits per heavy atom. The highest BCUT2D eigenvalue weighted by atomic mass is 35.5. The summed E-state index contributed by atoms with van der Waals surface area (Å²) in [5.74, 6) is 1.64. The van der Waals surface area contributed by atoms with Crippen LogP contribution in [0.2, 0.25) is 5.02 Å². The maximum Gasteiger partial charge on any atom is 0.290 e. The van der Waals surface area contributed by atoms with Crippen molar-refractivity contribution >= 4 is 40.0 Å². The summed E-state index contributed by atoms with van der Waals surface area (Å²) in [7, 11) is 0. The van der Waals surface area contributed by atoms with Crippen LogP contribution >= 0.6 is 11.6 Å². The average Bonchev–Trinajstić information content (AvgIpc) is 2.50. The lowest BCUT2D eigenvalue weighted by molar-refractivity contribution is -0.384. The van der Waals surface area contributed by atoms with Gasteiger partial charge in [0.05, 0.1) is 16.0 Å². The van der Waals surface area contributed by atoms with E-state index < -0.39 is 4.92 Å². The molecule has 0 atom stereocenters. The third-order valence-electron chi connectivity index (χ3n) is 3.11. The number of nitro groups is 1. The van der Waals surface area contributed by atoms with Gasteiger partial charge in [-0.2, -0.15) is 0 Å². The van der Waals surface area contributed by atoms with Gasteiger partial charge in [0.2, 0.25) is 0 Å². The van der Waals surface area contributed by atoms with Crippen LogP contribution in [-0.2, 0) is 0 Å². The summed E-state index contributed by atoms with van der Waals surface area (Å²) >= 11 is 5.89. The van der Waals surface area contributed by atoms with E-state index in [1.165, 1.54) is 12.1 Å². The van der Waals surface area contributed by atoms with Crippen molar-refractivity contribution in [2.24, 2.45) is 0 Å². The summed E-state index contributed by atoms with van der Waals surface area (Å²) in [4.78, 5) is 23.1. The van der Waals surface area contributed by atoms with Crippen LogP contribution in [0.4, 0.5) is 17.3 Å². The van der Waals surface area contributed by atoms with Crippen LogP contribution in [0.25, 0.3) is 11.0 Å². The lowest BCUT2D eigenvalue weighted by Gasteiger charge is -2.18. The quantitative estimate of drug-likeness (QED) is 0.424. The molecule has 9 heteroatoms.